The van der Waals surface area contributed by atoms with Crippen LogP contribution in [-0.4, -0.2) is 39.7 Å². The van der Waals surface area contributed by atoms with Crippen LogP contribution >= 0.6 is 11.6 Å². The number of aromatic nitrogens is 2. The number of carbonyl (C=O) groups excluding carboxylic acids is 2. The summed E-state index contributed by atoms with van der Waals surface area (Å²) in [4.78, 5) is 30.1. The number of pyridine rings is 1. The van der Waals surface area contributed by atoms with Crippen LogP contribution in [0.4, 0.5) is 0 Å². The fourth-order valence-electron chi connectivity index (χ4n) is 4.34. The van der Waals surface area contributed by atoms with E-state index in [2.05, 4.69) is 10.3 Å². The Hall–Kier alpha value is -2.08. The summed E-state index contributed by atoms with van der Waals surface area (Å²) in [5, 5.41) is 3.79. The van der Waals surface area contributed by atoms with Crippen molar-refractivity contribution in [3.63, 3.8) is 0 Å². The Morgan fingerprint density at radius 3 is 2.80 bits per heavy atom. The number of piperidine rings is 2. The first-order valence-electron chi connectivity index (χ1n) is 8.54. The minimum absolute atomic E-state index is 0.00899. The molecule has 4 rings (SSSR count). The number of carbonyl (C=O) groups is 2. The second-order valence-electron chi connectivity index (χ2n) is 7.65. The van der Waals surface area contributed by atoms with Gasteiger partial charge in [-0.1, -0.05) is 11.6 Å². The van der Waals surface area contributed by atoms with Crippen LogP contribution in [0.25, 0.3) is 5.52 Å². The van der Waals surface area contributed by atoms with E-state index in [1.807, 2.05) is 36.6 Å². The quantitative estimate of drug-likeness (QED) is 0.849. The predicted molar refractivity (Wildman–Crippen MR) is 94.1 cm³/mol. The van der Waals surface area contributed by atoms with Gasteiger partial charge in [-0.3, -0.25) is 9.59 Å². The van der Waals surface area contributed by atoms with Crippen LogP contribution in [-0.2, 0) is 15.1 Å². The van der Waals surface area contributed by atoms with Gasteiger partial charge in [0.2, 0.25) is 12.3 Å². The average molecular weight is 361 g/mol. The standard InChI is InChI=1S/C18H21ClN4O2/c1-18(2,17-20-7-14-13(19)4-3-5-23(14)17)21-16(25)15-11-6-12(15)9-22(8-11)10-24/h3-5,7,10-12,15H,6,8-9H2,1-2H3,(H,21,25)/t11-,12+,15?. The van der Waals surface area contributed by atoms with Gasteiger partial charge in [0.1, 0.15) is 5.82 Å². The summed E-state index contributed by atoms with van der Waals surface area (Å²) in [5.41, 5.74) is 0.200. The SMILES string of the molecule is CC(C)(NC(=O)C1[C@@H]2C[C@H]1CN(C=O)C2)c1ncc2c(Cl)cccn12. The van der Waals surface area contributed by atoms with Crippen molar-refractivity contribution in [1.29, 1.82) is 0 Å². The van der Waals surface area contributed by atoms with E-state index in [1.54, 1.807) is 11.1 Å². The van der Waals surface area contributed by atoms with Crippen LogP contribution in [0.2, 0.25) is 5.02 Å². The molecule has 3 atom stereocenters. The molecule has 1 aliphatic heterocycles. The molecule has 0 radical (unpaired) electrons. The van der Waals surface area contributed by atoms with Crippen molar-refractivity contribution in [2.45, 2.75) is 25.8 Å². The maximum absolute atomic E-state index is 12.9. The topological polar surface area (TPSA) is 66.7 Å². The fraction of sp³-hybridized carbons (Fsp3) is 0.500. The van der Waals surface area contributed by atoms with Gasteiger partial charge in [-0.15, -0.1) is 0 Å². The minimum atomic E-state index is -0.623. The third-order valence-corrected chi connectivity index (χ3v) is 5.84. The monoisotopic (exact) mass is 360 g/mol. The van der Waals surface area contributed by atoms with Gasteiger partial charge in [-0.2, -0.15) is 0 Å². The van der Waals surface area contributed by atoms with Crippen LogP contribution in [0.15, 0.2) is 24.5 Å². The van der Waals surface area contributed by atoms with Crippen molar-refractivity contribution in [2.75, 3.05) is 13.1 Å². The van der Waals surface area contributed by atoms with Crippen molar-refractivity contribution >= 4 is 29.4 Å². The van der Waals surface area contributed by atoms with Gasteiger partial charge in [0.05, 0.1) is 22.3 Å². The van der Waals surface area contributed by atoms with E-state index < -0.39 is 5.54 Å². The highest BCUT2D eigenvalue weighted by Gasteiger charge is 2.51. The lowest BCUT2D eigenvalue weighted by atomic mass is 9.61. The maximum Gasteiger partial charge on any atom is 0.224 e. The lowest BCUT2D eigenvalue weighted by molar-refractivity contribution is -0.147. The molecule has 1 N–H and O–H groups in total. The van der Waals surface area contributed by atoms with Crippen LogP contribution in [0, 0.1) is 17.8 Å². The molecule has 1 aliphatic carbocycles. The van der Waals surface area contributed by atoms with Crippen molar-refractivity contribution in [1.82, 2.24) is 19.6 Å². The summed E-state index contributed by atoms with van der Waals surface area (Å²) in [6.07, 6.45) is 5.55. The van der Waals surface area contributed by atoms with Gasteiger partial charge in [0.15, 0.2) is 0 Å². The second-order valence-corrected chi connectivity index (χ2v) is 8.06. The van der Waals surface area contributed by atoms with Crippen molar-refractivity contribution < 1.29 is 9.59 Å². The molecule has 0 spiro atoms. The van der Waals surface area contributed by atoms with Gasteiger partial charge < -0.3 is 14.6 Å². The molecule has 0 aromatic carbocycles. The first kappa shape index (κ1) is 16.4. The molecule has 2 aromatic rings. The average Bonchev–Trinajstić information content (AvgIpc) is 3.00. The van der Waals surface area contributed by atoms with Crippen LogP contribution < -0.4 is 5.32 Å². The van der Waals surface area contributed by atoms with E-state index in [-0.39, 0.29) is 23.7 Å². The molecule has 2 amide bonds. The Morgan fingerprint density at radius 2 is 2.12 bits per heavy atom. The number of nitrogens with one attached hydrogen (secondary N) is 1. The maximum atomic E-state index is 12.9. The summed E-state index contributed by atoms with van der Waals surface area (Å²) < 4.78 is 1.92. The zero-order chi connectivity index (χ0) is 17.8. The molecule has 25 heavy (non-hydrogen) atoms. The summed E-state index contributed by atoms with van der Waals surface area (Å²) >= 11 is 6.22. The molecule has 1 saturated carbocycles. The molecular formula is C18H21ClN4O2. The number of likely N-dealkylation sites (tertiary alicyclic amines) is 1. The van der Waals surface area contributed by atoms with E-state index in [0.717, 1.165) is 24.2 Å². The predicted octanol–water partition coefficient (Wildman–Crippen LogP) is 2.06. The fourth-order valence-corrected chi connectivity index (χ4v) is 4.55. The molecule has 1 saturated heterocycles. The highest BCUT2D eigenvalue weighted by Crippen LogP contribution is 2.45. The first-order valence-corrected chi connectivity index (χ1v) is 8.92. The highest BCUT2D eigenvalue weighted by molar-refractivity contribution is 6.33. The van der Waals surface area contributed by atoms with E-state index in [1.165, 1.54) is 0 Å². The normalized spacial score (nSPS) is 25.6. The van der Waals surface area contributed by atoms with Gasteiger partial charge in [0, 0.05) is 25.2 Å². The molecule has 2 aromatic heterocycles. The lowest BCUT2D eigenvalue weighted by Crippen LogP contribution is -2.61. The summed E-state index contributed by atoms with van der Waals surface area (Å²) in [6, 6.07) is 3.69. The molecule has 3 heterocycles. The number of rotatable bonds is 4. The summed E-state index contributed by atoms with van der Waals surface area (Å²) in [5.74, 6) is 1.33. The van der Waals surface area contributed by atoms with Crippen molar-refractivity contribution in [3.8, 4) is 0 Å². The summed E-state index contributed by atoms with van der Waals surface area (Å²) in [7, 11) is 0. The second kappa shape index (κ2) is 5.73. The van der Waals surface area contributed by atoms with E-state index in [4.69, 9.17) is 11.6 Å². The van der Waals surface area contributed by atoms with Crippen molar-refractivity contribution in [3.05, 3.63) is 35.4 Å². The third-order valence-electron chi connectivity index (χ3n) is 5.53. The smallest absolute Gasteiger partial charge is 0.224 e. The Labute approximate surface area is 151 Å². The largest absolute Gasteiger partial charge is 0.345 e. The molecule has 1 unspecified atom stereocenters. The number of hydrogen-bond acceptors (Lipinski definition) is 3. The number of nitrogens with zero attached hydrogens (tertiary/aromatic N) is 3. The van der Waals surface area contributed by atoms with E-state index in [0.29, 0.717) is 18.1 Å². The molecule has 7 heteroatoms. The number of fused-ring (bicyclic) bond motifs is 3. The zero-order valence-electron chi connectivity index (χ0n) is 14.3. The molecule has 2 aliphatic rings. The molecule has 2 fully saturated rings. The lowest BCUT2D eigenvalue weighted by Gasteiger charge is -2.52. The Morgan fingerprint density at radius 1 is 1.40 bits per heavy atom. The van der Waals surface area contributed by atoms with Gasteiger partial charge in [0.25, 0.3) is 0 Å². The van der Waals surface area contributed by atoms with E-state index >= 15 is 0 Å². The van der Waals surface area contributed by atoms with Crippen molar-refractivity contribution in [2.24, 2.45) is 17.8 Å². The number of hydrogen-bond donors (Lipinski definition) is 1. The molecule has 132 valence electrons. The Kier molecular flexibility index (Phi) is 3.76. The first-order chi connectivity index (χ1) is 11.9. The minimum Gasteiger partial charge on any atom is -0.345 e. The molecule has 6 nitrogen and oxygen atoms in total. The Bertz CT molecular complexity index is 835. The highest BCUT2D eigenvalue weighted by atomic mass is 35.5. The number of amides is 2. The molecule has 2 bridgehead atoms. The van der Waals surface area contributed by atoms with Gasteiger partial charge in [-0.05, 0) is 44.2 Å². The van der Waals surface area contributed by atoms with Gasteiger partial charge in [-0.25, -0.2) is 4.98 Å². The van der Waals surface area contributed by atoms with Crippen LogP contribution in [0.3, 0.4) is 0 Å². The van der Waals surface area contributed by atoms with Crippen LogP contribution in [0.1, 0.15) is 26.1 Å². The Balaban J connectivity index is 1.54. The zero-order valence-corrected chi connectivity index (χ0v) is 15.0. The van der Waals surface area contributed by atoms with Gasteiger partial charge >= 0.3 is 0 Å². The number of imidazole rings is 1. The summed E-state index contributed by atoms with van der Waals surface area (Å²) in [6.45, 7) is 5.26. The van der Waals surface area contributed by atoms with Crippen LogP contribution in [0.5, 0.6) is 0 Å². The number of halogens is 1. The van der Waals surface area contributed by atoms with E-state index in [9.17, 15) is 9.59 Å². The third kappa shape index (κ3) is 2.59. The molecular weight excluding hydrogens is 340 g/mol.